The third-order valence-electron chi connectivity index (χ3n) is 9.60. The van der Waals surface area contributed by atoms with E-state index in [0.717, 1.165) is 35.7 Å². The molecule has 1 aromatic heterocycles. The van der Waals surface area contributed by atoms with Crippen molar-refractivity contribution >= 4 is 53.8 Å². The SMILES string of the molecule is Clc1ccccc1C(c1ccccc1)(c1ccc(CCCP(I)(c2ccccc2)(c2ccccc2)c2ccccc2)cc1)n1cccn1. The number of hydrogen-bond donors (Lipinski definition) is 0. The van der Waals surface area contributed by atoms with Gasteiger partial charge in [-0.1, -0.05) is 0 Å². The molecule has 0 fully saturated rings. The summed E-state index contributed by atoms with van der Waals surface area (Å²) in [6.07, 6.45) is 6.95. The number of nitrogens with zero attached hydrogens (tertiary/aromatic N) is 2. The van der Waals surface area contributed by atoms with Crippen LogP contribution in [0.25, 0.3) is 0 Å². The summed E-state index contributed by atoms with van der Waals surface area (Å²) in [5.41, 5.74) is 3.79. The summed E-state index contributed by atoms with van der Waals surface area (Å²) in [5.74, 6) is 0. The van der Waals surface area contributed by atoms with E-state index in [0.29, 0.717) is 5.02 Å². The van der Waals surface area contributed by atoms with Gasteiger partial charge in [0.2, 0.25) is 0 Å². The molecule has 1 heterocycles. The van der Waals surface area contributed by atoms with Crippen LogP contribution in [-0.2, 0) is 12.0 Å². The molecule has 0 saturated carbocycles. The molecule has 1 atom stereocenters. The van der Waals surface area contributed by atoms with Crippen molar-refractivity contribution in [3.63, 3.8) is 0 Å². The third-order valence-corrected chi connectivity index (χ3v) is 21.7. The Kier molecular flexibility index (Phi) is 9.38. The van der Waals surface area contributed by atoms with Crippen molar-refractivity contribution in [3.05, 3.63) is 216 Å². The standard InChI is InChI=1S/C43H37ClIN2P/c44-42-27-14-13-26-41(42)43(47-33-16-32-46-47,36-18-5-1-6-19-36)37-30-28-35(29-31-37)17-15-34-48(45,38-20-7-2-8-21-38,39-22-9-3-10-23-39)40-24-11-4-12-25-40/h1-14,16,18-33H,15,17,34H2. The van der Waals surface area contributed by atoms with Crippen molar-refractivity contribution in [3.8, 4) is 0 Å². The number of benzene rings is 6. The second-order valence-corrected chi connectivity index (χ2v) is 23.4. The van der Waals surface area contributed by atoms with Gasteiger partial charge in [0.1, 0.15) is 0 Å². The summed E-state index contributed by atoms with van der Waals surface area (Å²) in [6, 6.07) is 63.3. The number of aromatic nitrogens is 2. The van der Waals surface area contributed by atoms with Crippen LogP contribution in [0.15, 0.2) is 188 Å². The Morgan fingerprint density at radius 3 is 1.54 bits per heavy atom. The van der Waals surface area contributed by atoms with Crippen molar-refractivity contribution in [1.29, 1.82) is 0 Å². The Bertz CT molecular complexity index is 1970. The van der Waals surface area contributed by atoms with E-state index in [2.05, 4.69) is 180 Å². The summed E-state index contributed by atoms with van der Waals surface area (Å²) in [4.78, 5) is 0. The Hall–Kier alpha value is -4.02. The van der Waals surface area contributed by atoms with Crippen molar-refractivity contribution < 1.29 is 0 Å². The first kappa shape index (κ1) is 32.5. The van der Waals surface area contributed by atoms with Crippen LogP contribution in [0.3, 0.4) is 0 Å². The van der Waals surface area contributed by atoms with Gasteiger partial charge >= 0.3 is 304 Å². The molecule has 0 spiro atoms. The van der Waals surface area contributed by atoms with E-state index in [9.17, 15) is 0 Å². The van der Waals surface area contributed by atoms with Crippen molar-refractivity contribution in [2.45, 2.75) is 18.4 Å². The van der Waals surface area contributed by atoms with E-state index in [-0.39, 0.29) is 0 Å². The maximum atomic E-state index is 6.99. The number of halogens is 2. The number of rotatable bonds is 11. The molecular formula is C43H37ClIN2P. The van der Waals surface area contributed by atoms with Gasteiger partial charge in [-0.25, -0.2) is 0 Å². The predicted molar refractivity (Wildman–Crippen MR) is 214 cm³/mol. The van der Waals surface area contributed by atoms with Crippen LogP contribution >= 0.6 is 37.9 Å². The van der Waals surface area contributed by atoms with Crippen molar-refractivity contribution in [1.82, 2.24) is 9.78 Å². The molecule has 2 nitrogen and oxygen atoms in total. The van der Waals surface area contributed by atoms with Crippen LogP contribution < -0.4 is 15.9 Å². The van der Waals surface area contributed by atoms with Gasteiger partial charge in [0.15, 0.2) is 0 Å². The molecule has 6 aromatic carbocycles. The molecule has 0 aliphatic heterocycles. The molecule has 0 aliphatic rings. The summed E-state index contributed by atoms with van der Waals surface area (Å²) in [6.45, 7) is 0. The molecule has 0 amide bonds. The molecule has 5 heteroatoms. The van der Waals surface area contributed by atoms with E-state index in [4.69, 9.17) is 16.7 Å². The molecular weight excluding hydrogens is 738 g/mol. The minimum atomic E-state index is -2.83. The monoisotopic (exact) mass is 774 g/mol. The molecule has 0 saturated heterocycles. The van der Waals surface area contributed by atoms with Gasteiger partial charge < -0.3 is 0 Å². The summed E-state index contributed by atoms with van der Waals surface area (Å²) in [7, 11) is 0. The number of hydrogen-bond acceptors (Lipinski definition) is 1. The third kappa shape index (κ3) is 5.62. The quantitative estimate of drug-likeness (QED) is 0.0727. The normalized spacial score (nSPS) is 13.7. The summed E-state index contributed by atoms with van der Waals surface area (Å²) in [5, 5.41) is 9.78. The summed E-state index contributed by atoms with van der Waals surface area (Å²) < 4.78 is -0.787. The second-order valence-electron chi connectivity index (χ2n) is 12.2. The van der Waals surface area contributed by atoms with Crippen LogP contribution in [0, 0.1) is 0 Å². The average Bonchev–Trinajstić information content (AvgIpc) is 3.70. The number of aryl methyl sites for hydroxylation is 1. The van der Waals surface area contributed by atoms with E-state index < -0.39 is 9.78 Å². The van der Waals surface area contributed by atoms with Crippen LogP contribution in [0.4, 0.5) is 0 Å². The molecule has 7 aromatic rings. The molecule has 48 heavy (non-hydrogen) atoms. The summed E-state index contributed by atoms with van der Waals surface area (Å²) >= 11 is 9.89. The molecule has 1 unspecified atom stereocenters. The minimum absolute atomic E-state index is 0.706. The van der Waals surface area contributed by atoms with Crippen LogP contribution in [0.1, 0.15) is 28.7 Å². The fourth-order valence-electron chi connectivity index (χ4n) is 7.31. The van der Waals surface area contributed by atoms with Crippen LogP contribution in [0.5, 0.6) is 0 Å². The van der Waals surface area contributed by atoms with E-state index in [1.54, 1.807) is 0 Å². The van der Waals surface area contributed by atoms with E-state index in [1.165, 1.54) is 21.5 Å². The van der Waals surface area contributed by atoms with E-state index >= 15 is 0 Å². The average molecular weight is 775 g/mol. The van der Waals surface area contributed by atoms with Gasteiger partial charge in [-0.2, -0.15) is 0 Å². The van der Waals surface area contributed by atoms with Gasteiger partial charge in [0.05, 0.1) is 0 Å². The van der Waals surface area contributed by atoms with Gasteiger partial charge in [-0.15, -0.1) is 0 Å². The fraction of sp³-hybridized carbons (Fsp3) is 0.0930. The molecule has 0 aliphatic carbocycles. The Labute approximate surface area is 301 Å². The molecule has 0 bridgehead atoms. The first-order valence-electron chi connectivity index (χ1n) is 16.3. The molecule has 7 rings (SSSR count). The van der Waals surface area contributed by atoms with Gasteiger partial charge in [-0.05, 0) is 0 Å². The zero-order valence-corrected chi connectivity index (χ0v) is 30.4. The molecule has 0 radical (unpaired) electrons. The van der Waals surface area contributed by atoms with Gasteiger partial charge in [0.25, 0.3) is 0 Å². The second kappa shape index (κ2) is 13.8. The zero-order chi connectivity index (χ0) is 32.9. The Morgan fingerprint density at radius 1 is 0.562 bits per heavy atom. The van der Waals surface area contributed by atoms with E-state index in [1.807, 2.05) is 35.3 Å². The molecule has 0 N–H and O–H groups in total. The molecule has 238 valence electrons. The Balaban J connectivity index is 1.28. The van der Waals surface area contributed by atoms with Crippen molar-refractivity contribution in [2.75, 3.05) is 6.16 Å². The van der Waals surface area contributed by atoms with Gasteiger partial charge in [0, 0.05) is 0 Å². The fourth-order valence-corrected chi connectivity index (χ4v) is 16.3. The zero-order valence-electron chi connectivity index (χ0n) is 26.6. The first-order valence-corrected chi connectivity index (χ1v) is 21.9. The Morgan fingerprint density at radius 2 is 1.04 bits per heavy atom. The van der Waals surface area contributed by atoms with Gasteiger partial charge in [-0.3, -0.25) is 0 Å². The first-order chi connectivity index (χ1) is 23.5. The van der Waals surface area contributed by atoms with Crippen LogP contribution in [0.2, 0.25) is 5.02 Å². The van der Waals surface area contributed by atoms with Crippen LogP contribution in [-0.4, -0.2) is 15.9 Å². The maximum absolute atomic E-state index is 6.99. The topological polar surface area (TPSA) is 17.8 Å². The van der Waals surface area contributed by atoms with Crippen molar-refractivity contribution in [2.24, 2.45) is 0 Å². The predicted octanol–water partition coefficient (Wildman–Crippen LogP) is 10.2.